The first kappa shape index (κ1) is 8.75. The zero-order valence-electron chi connectivity index (χ0n) is 6.33. The number of cyclic esters (lactones) is 1. The lowest BCUT2D eigenvalue weighted by Gasteiger charge is -2.19. The van der Waals surface area contributed by atoms with Crippen molar-refractivity contribution in [3.8, 4) is 0 Å². The number of carbonyl (C=O) groups is 1. The normalized spacial score (nSPS) is 27.7. The molecule has 0 bridgehead atoms. The Kier molecular flexibility index (Phi) is 3.09. The summed E-state index contributed by atoms with van der Waals surface area (Å²) < 4.78 is 20.4. The molecule has 0 aromatic heterocycles. The maximum Gasteiger partial charge on any atom is 0.305 e. The molecule has 0 radical (unpaired) electrons. The highest BCUT2D eigenvalue weighted by Gasteiger charge is 2.24. The van der Waals surface area contributed by atoms with Crippen molar-refractivity contribution in [1.82, 2.24) is 0 Å². The predicted octanol–water partition coefficient (Wildman–Crippen LogP) is 0.813. The summed E-state index contributed by atoms with van der Waals surface area (Å²) in [6.45, 7) is 0.254. The van der Waals surface area contributed by atoms with Crippen LogP contribution >= 0.6 is 8.03 Å². The zero-order valence-corrected chi connectivity index (χ0v) is 7.33. The van der Waals surface area contributed by atoms with E-state index in [1.165, 1.54) is 7.11 Å². The van der Waals surface area contributed by atoms with Crippen LogP contribution in [0.2, 0.25) is 0 Å². The van der Waals surface area contributed by atoms with Crippen LogP contribution in [0, 0.1) is 0 Å². The quantitative estimate of drug-likeness (QED) is 0.463. The smallest absolute Gasteiger partial charge is 0.305 e. The minimum absolute atomic E-state index is 0.0669. The molecule has 1 aliphatic rings. The Morgan fingerprint density at radius 1 is 1.73 bits per heavy atom. The van der Waals surface area contributed by atoms with Crippen molar-refractivity contribution in [3.63, 3.8) is 0 Å². The number of ether oxygens (including phenoxy) is 1. The molecule has 0 aromatic carbocycles. The summed E-state index contributed by atoms with van der Waals surface area (Å²) in [6, 6.07) is 0. The number of esters is 1. The second-order valence-electron chi connectivity index (χ2n) is 2.44. The molecule has 0 aliphatic carbocycles. The van der Waals surface area contributed by atoms with E-state index in [9.17, 15) is 9.36 Å². The second kappa shape index (κ2) is 3.88. The molecule has 1 saturated heterocycles. The standard InChI is InChI=1S/C6H11O4P/c1-9-11(8)5-2-3-6(7)10-4-5/h5,11H,2-4H2,1H3. The molecular weight excluding hydrogens is 167 g/mol. The molecule has 5 heteroatoms. The molecule has 0 aromatic rings. The van der Waals surface area contributed by atoms with Crippen molar-refractivity contribution in [2.75, 3.05) is 13.7 Å². The molecule has 0 saturated carbocycles. The number of rotatable bonds is 2. The van der Waals surface area contributed by atoms with Crippen LogP contribution in [-0.4, -0.2) is 25.3 Å². The van der Waals surface area contributed by atoms with E-state index in [-0.39, 0.29) is 18.2 Å². The maximum absolute atomic E-state index is 11.0. The predicted molar refractivity (Wildman–Crippen MR) is 40.0 cm³/mol. The minimum atomic E-state index is -1.98. The molecule has 11 heavy (non-hydrogen) atoms. The Balaban J connectivity index is 2.39. The van der Waals surface area contributed by atoms with Gasteiger partial charge in [-0.05, 0) is 6.42 Å². The van der Waals surface area contributed by atoms with Crippen LogP contribution in [0.25, 0.3) is 0 Å². The summed E-state index contributed by atoms with van der Waals surface area (Å²) in [6.07, 6.45) is 0.995. The summed E-state index contributed by atoms with van der Waals surface area (Å²) in [5.41, 5.74) is -0.0669. The molecule has 2 atom stereocenters. The van der Waals surface area contributed by atoms with Gasteiger partial charge in [0.05, 0.1) is 5.66 Å². The van der Waals surface area contributed by atoms with Gasteiger partial charge in [-0.25, -0.2) is 0 Å². The van der Waals surface area contributed by atoms with Crippen molar-refractivity contribution in [2.24, 2.45) is 0 Å². The van der Waals surface area contributed by atoms with Crippen molar-refractivity contribution in [2.45, 2.75) is 18.5 Å². The van der Waals surface area contributed by atoms with Crippen molar-refractivity contribution in [3.05, 3.63) is 0 Å². The third kappa shape index (κ3) is 2.31. The van der Waals surface area contributed by atoms with Gasteiger partial charge in [-0.2, -0.15) is 0 Å². The van der Waals surface area contributed by atoms with Crippen molar-refractivity contribution >= 4 is 14.0 Å². The fourth-order valence-corrected chi connectivity index (χ4v) is 1.93. The Labute approximate surface area is 65.7 Å². The van der Waals surface area contributed by atoms with Crippen molar-refractivity contribution in [1.29, 1.82) is 0 Å². The number of carbonyl (C=O) groups excluding carboxylic acids is 1. The minimum Gasteiger partial charge on any atom is -0.465 e. The van der Waals surface area contributed by atoms with Gasteiger partial charge in [0, 0.05) is 13.5 Å². The molecule has 0 amide bonds. The van der Waals surface area contributed by atoms with E-state index < -0.39 is 8.03 Å². The lowest BCUT2D eigenvalue weighted by molar-refractivity contribution is -0.146. The molecule has 1 aliphatic heterocycles. The van der Waals surface area contributed by atoms with Crippen LogP contribution in [0.4, 0.5) is 0 Å². The Bertz CT molecular complexity index is 169. The average molecular weight is 178 g/mol. The summed E-state index contributed by atoms with van der Waals surface area (Å²) in [7, 11) is -0.566. The van der Waals surface area contributed by atoms with Gasteiger partial charge in [-0.15, -0.1) is 0 Å². The highest BCUT2D eigenvalue weighted by atomic mass is 31.1. The van der Waals surface area contributed by atoms with Gasteiger partial charge >= 0.3 is 5.97 Å². The summed E-state index contributed by atoms with van der Waals surface area (Å²) in [5.74, 6) is -0.202. The fourth-order valence-electron chi connectivity index (χ4n) is 0.994. The van der Waals surface area contributed by atoms with Crippen LogP contribution in [0.15, 0.2) is 0 Å². The third-order valence-corrected chi connectivity index (χ3v) is 3.20. The highest BCUT2D eigenvalue weighted by Crippen LogP contribution is 2.33. The average Bonchev–Trinajstić information content (AvgIpc) is 2.05. The van der Waals surface area contributed by atoms with Crippen LogP contribution in [0.1, 0.15) is 12.8 Å². The van der Waals surface area contributed by atoms with Gasteiger partial charge in [0.2, 0.25) is 0 Å². The van der Waals surface area contributed by atoms with Crippen LogP contribution in [0.5, 0.6) is 0 Å². The first-order chi connectivity index (χ1) is 5.24. The van der Waals surface area contributed by atoms with Crippen molar-refractivity contribution < 1.29 is 18.6 Å². The summed E-state index contributed by atoms with van der Waals surface area (Å²) >= 11 is 0. The van der Waals surface area contributed by atoms with E-state index in [4.69, 9.17) is 4.74 Å². The molecule has 0 N–H and O–H groups in total. The van der Waals surface area contributed by atoms with Gasteiger partial charge in [-0.3, -0.25) is 9.36 Å². The van der Waals surface area contributed by atoms with Crippen LogP contribution < -0.4 is 0 Å². The van der Waals surface area contributed by atoms with Gasteiger partial charge in [0.25, 0.3) is 0 Å². The van der Waals surface area contributed by atoms with Gasteiger partial charge in [-0.1, -0.05) is 0 Å². The first-order valence-corrected chi connectivity index (χ1v) is 4.87. The second-order valence-corrected chi connectivity index (χ2v) is 4.30. The number of hydrogen-bond donors (Lipinski definition) is 0. The molecule has 2 unspecified atom stereocenters. The Hall–Kier alpha value is -0.340. The molecule has 0 spiro atoms. The maximum atomic E-state index is 11.0. The fraction of sp³-hybridized carbons (Fsp3) is 0.833. The topological polar surface area (TPSA) is 52.6 Å². The lowest BCUT2D eigenvalue weighted by Crippen LogP contribution is -2.23. The van der Waals surface area contributed by atoms with E-state index in [1.54, 1.807) is 0 Å². The van der Waals surface area contributed by atoms with E-state index in [0.29, 0.717) is 12.8 Å². The number of hydrogen-bond acceptors (Lipinski definition) is 4. The first-order valence-electron chi connectivity index (χ1n) is 3.47. The van der Waals surface area contributed by atoms with Crippen LogP contribution in [-0.2, 0) is 18.6 Å². The SMILES string of the molecule is CO[PH](=O)C1CCC(=O)OC1. The zero-order chi connectivity index (χ0) is 8.27. The Morgan fingerprint density at radius 3 is 2.91 bits per heavy atom. The monoisotopic (exact) mass is 178 g/mol. The highest BCUT2D eigenvalue weighted by molar-refractivity contribution is 7.40. The van der Waals surface area contributed by atoms with E-state index in [1.807, 2.05) is 0 Å². The van der Waals surface area contributed by atoms with E-state index in [2.05, 4.69) is 4.52 Å². The van der Waals surface area contributed by atoms with E-state index in [0.717, 1.165) is 0 Å². The molecule has 64 valence electrons. The molecule has 4 nitrogen and oxygen atoms in total. The van der Waals surface area contributed by atoms with E-state index >= 15 is 0 Å². The largest absolute Gasteiger partial charge is 0.465 e. The molecular formula is C6H11O4P. The molecule has 1 rings (SSSR count). The molecule has 1 heterocycles. The van der Waals surface area contributed by atoms with Gasteiger partial charge in [0.1, 0.15) is 6.61 Å². The van der Waals surface area contributed by atoms with Crippen LogP contribution in [0.3, 0.4) is 0 Å². The summed E-state index contributed by atoms with van der Waals surface area (Å²) in [5, 5.41) is 0. The molecule has 1 fully saturated rings. The Morgan fingerprint density at radius 2 is 2.45 bits per heavy atom. The lowest BCUT2D eigenvalue weighted by atomic mass is 10.2. The third-order valence-electron chi connectivity index (χ3n) is 1.68. The summed E-state index contributed by atoms with van der Waals surface area (Å²) in [4.78, 5) is 10.6. The van der Waals surface area contributed by atoms with Gasteiger partial charge in [0.15, 0.2) is 8.03 Å². The van der Waals surface area contributed by atoms with Gasteiger partial charge < -0.3 is 9.26 Å².